The molecule has 0 unspecified atom stereocenters. The van der Waals surface area contributed by atoms with E-state index >= 15 is 0 Å². The number of amides is 1. The fourth-order valence-electron chi connectivity index (χ4n) is 3.84. The van der Waals surface area contributed by atoms with E-state index in [1.807, 2.05) is 0 Å². The van der Waals surface area contributed by atoms with E-state index in [1.165, 1.54) is 4.31 Å². The van der Waals surface area contributed by atoms with Gasteiger partial charge >= 0.3 is 0 Å². The van der Waals surface area contributed by atoms with Gasteiger partial charge in [-0.15, -0.1) is 12.4 Å². The van der Waals surface area contributed by atoms with Gasteiger partial charge in [-0.25, -0.2) is 0 Å². The number of carbonyl (C=O) groups excluding carboxylic acids is 1. The van der Waals surface area contributed by atoms with Crippen molar-refractivity contribution in [3.63, 3.8) is 0 Å². The lowest BCUT2D eigenvalue weighted by molar-refractivity contribution is -0.143. The lowest BCUT2D eigenvalue weighted by Crippen LogP contribution is -2.55. The summed E-state index contributed by atoms with van der Waals surface area (Å²) in [5.74, 6) is -0.0252. The van der Waals surface area contributed by atoms with E-state index in [2.05, 4.69) is 0 Å². The van der Waals surface area contributed by atoms with Crippen molar-refractivity contribution in [3.8, 4) is 0 Å². The number of ether oxygens (including phenoxy) is 1. The van der Waals surface area contributed by atoms with Crippen LogP contribution in [0.25, 0.3) is 0 Å². The molecule has 2 atom stereocenters. The van der Waals surface area contributed by atoms with Gasteiger partial charge < -0.3 is 15.4 Å². The molecule has 10 heteroatoms. The summed E-state index contributed by atoms with van der Waals surface area (Å²) in [6.45, 7) is 3.23. The van der Waals surface area contributed by atoms with Gasteiger partial charge in [-0.1, -0.05) is 12.8 Å². The Morgan fingerprint density at radius 1 is 0.923 bits per heavy atom. The highest BCUT2D eigenvalue weighted by atomic mass is 35.5. The summed E-state index contributed by atoms with van der Waals surface area (Å²) in [4.78, 5) is 14.3. The van der Waals surface area contributed by atoms with Crippen LogP contribution < -0.4 is 5.73 Å². The third kappa shape index (κ3) is 4.88. The van der Waals surface area contributed by atoms with Crippen molar-refractivity contribution in [1.29, 1.82) is 0 Å². The first-order chi connectivity index (χ1) is 12.0. The molecule has 1 amide bonds. The zero-order valence-electron chi connectivity index (χ0n) is 15.2. The van der Waals surface area contributed by atoms with Crippen LogP contribution in [0.5, 0.6) is 0 Å². The fourth-order valence-corrected chi connectivity index (χ4v) is 5.51. The summed E-state index contributed by atoms with van der Waals surface area (Å²) in [7, 11) is -3.41. The minimum atomic E-state index is -3.41. The van der Waals surface area contributed by atoms with Crippen LogP contribution in [0.3, 0.4) is 0 Å². The summed E-state index contributed by atoms with van der Waals surface area (Å²) in [5.41, 5.74) is 5.59. The van der Waals surface area contributed by atoms with Gasteiger partial charge in [0, 0.05) is 45.8 Å². The van der Waals surface area contributed by atoms with Crippen molar-refractivity contribution in [2.45, 2.75) is 50.7 Å². The van der Waals surface area contributed by atoms with Gasteiger partial charge in [-0.05, 0) is 25.7 Å². The smallest absolute Gasteiger partial charge is 0.282 e. The molecule has 26 heavy (non-hydrogen) atoms. The Morgan fingerprint density at radius 2 is 1.50 bits per heavy atom. The third-order valence-electron chi connectivity index (χ3n) is 5.41. The Labute approximate surface area is 162 Å². The number of nitrogens with two attached hydrogens (primary N) is 1. The van der Waals surface area contributed by atoms with Gasteiger partial charge in [-0.3, -0.25) is 4.79 Å². The quantitative estimate of drug-likeness (QED) is 0.713. The van der Waals surface area contributed by atoms with E-state index in [0.29, 0.717) is 52.2 Å². The molecule has 0 aliphatic carbocycles. The summed E-state index contributed by atoms with van der Waals surface area (Å²) >= 11 is 0. The maximum atomic E-state index is 12.8. The van der Waals surface area contributed by atoms with E-state index in [1.54, 1.807) is 9.21 Å². The molecular weight excluding hydrogens is 380 g/mol. The summed E-state index contributed by atoms with van der Waals surface area (Å²) < 4.78 is 34.5. The molecule has 152 valence electrons. The van der Waals surface area contributed by atoms with Gasteiger partial charge in [-0.2, -0.15) is 17.0 Å². The topological polar surface area (TPSA) is 96.2 Å². The van der Waals surface area contributed by atoms with E-state index < -0.39 is 16.3 Å². The van der Waals surface area contributed by atoms with Crippen LogP contribution in [0, 0.1) is 0 Å². The highest BCUT2D eigenvalue weighted by molar-refractivity contribution is 7.86. The molecule has 0 saturated carbocycles. The first-order valence-electron chi connectivity index (χ1n) is 9.42. The molecule has 3 heterocycles. The third-order valence-corrected chi connectivity index (χ3v) is 7.45. The number of hydrogen-bond donors (Lipinski definition) is 1. The molecule has 3 fully saturated rings. The molecule has 0 spiro atoms. The highest BCUT2D eigenvalue weighted by Crippen LogP contribution is 2.22. The van der Waals surface area contributed by atoms with Gasteiger partial charge in [0.1, 0.15) is 6.10 Å². The molecule has 3 rings (SSSR count). The molecule has 0 aromatic rings. The normalized spacial score (nSPS) is 29.2. The largest absolute Gasteiger partial charge is 0.364 e. The minimum Gasteiger partial charge on any atom is -0.364 e. The number of nitrogens with zero attached hydrogens (tertiary/aromatic N) is 3. The second kappa shape index (κ2) is 9.66. The average molecular weight is 411 g/mol. The van der Waals surface area contributed by atoms with Crippen LogP contribution in [-0.4, -0.2) is 85.9 Å². The predicted molar refractivity (Wildman–Crippen MR) is 101 cm³/mol. The Bertz CT molecular complexity index is 561. The molecule has 3 aliphatic heterocycles. The first kappa shape index (κ1) is 21.8. The number of carbonyl (C=O) groups is 1. The van der Waals surface area contributed by atoms with Crippen molar-refractivity contribution in [2.75, 3.05) is 45.8 Å². The zero-order chi connectivity index (χ0) is 17.9. The van der Waals surface area contributed by atoms with Gasteiger partial charge in [0.25, 0.3) is 16.1 Å². The molecule has 0 aromatic carbocycles. The monoisotopic (exact) mass is 410 g/mol. The summed E-state index contributed by atoms with van der Waals surface area (Å²) in [6.07, 6.45) is 5.13. The first-order valence-corrected chi connectivity index (χ1v) is 10.8. The van der Waals surface area contributed by atoms with Crippen LogP contribution >= 0.6 is 12.4 Å². The lowest BCUT2D eigenvalue weighted by Gasteiger charge is -2.37. The summed E-state index contributed by atoms with van der Waals surface area (Å²) in [5, 5.41) is 0. The van der Waals surface area contributed by atoms with Crippen LogP contribution in [0.1, 0.15) is 38.5 Å². The number of halogens is 1. The number of hydrogen-bond acceptors (Lipinski definition) is 5. The second-order valence-corrected chi connectivity index (χ2v) is 9.03. The Morgan fingerprint density at radius 3 is 2.04 bits per heavy atom. The van der Waals surface area contributed by atoms with Crippen molar-refractivity contribution < 1.29 is 17.9 Å². The Kier molecular flexibility index (Phi) is 8.11. The maximum absolute atomic E-state index is 12.8. The minimum absolute atomic E-state index is 0. The molecule has 3 aliphatic rings. The van der Waals surface area contributed by atoms with Crippen LogP contribution in [0.15, 0.2) is 0 Å². The zero-order valence-corrected chi connectivity index (χ0v) is 16.8. The van der Waals surface area contributed by atoms with E-state index in [0.717, 1.165) is 32.1 Å². The molecule has 2 N–H and O–H groups in total. The van der Waals surface area contributed by atoms with Crippen molar-refractivity contribution in [2.24, 2.45) is 5.73 Å². The molecule has 3 saturated heterocycles. The SMILES string of the molecule is Cl.NC[C@H]1CC[C@@H](C(=O)N2CCN(S(=O)(=O)N3CCCCCC3)CC2)O1. The van der Waals surface area contributed by atoms with Crippen LogP contribution in [0.2, 0.25) is 0 Å². The molecule has 0 aromatic heterocycles. The van der Waals surface area contributed by atoms with Crippen LogP contribution in [0.4, 0.5) is 0 Å². The predicted octanol–water partition coefficient (Wildman–Crippen LogP) is 0.180. The lowest BCUT2D eigenvalue weighted by atomic mass is 10.1. The van der Waals surface area contributed by atoms with Crippen molar-refractivity contribution in [3.05, 3.63) is 0 Å². The Hall–Kier alpha value is -0.450. The Balaban J connectivity index is 0.00000243. The number of rotatable bonds is 4. The van der Waals surface area contributed by atoms with Gasteiger partial charge in [0.2, 0.25) is 0 Å². The fraction of sp³-hybridized carbons (Fsp3) is 0.938. The van der Waals surface area contributed by atoms with E-state index in [-0.39, 0.29) is 24.4 Å². The maximum Gasteiger partial charge on any atom is 0.282 e. The molecule has 0 radical (unpaired) electrons. The van der Waals surface area contributed by atoms with E-state index in [4.69, 9.17) is 10.5 Å². The van der Waals surface area contributed by atoms with Crippen LogP contribution in [-0.2, 0) is 19.7 Å². The second-order valence-electron chi connectivity index (χ2n) is 7.11. The van der Waals surface area contributed by atoms with Crippen molar-refractivity contribution in [1.82, 2.24) is 13.5 Å². The van der Waals surface area contributed by atoms with Crippen molar-refractivity contribution >= 4 is 28.5 Å². The van der Waals surface area contributed by atoms with Gasteiger partial charge in [0.15, 0.2) is 0 Å². The molecular formula is C16H31ClN4O4S. The summed E-state index contributed by atoms with van der Waals surface area (Å²) in [6, 6.07) is 0. The molecule has 0 bridgehead atoms. The average Bonchev–Trinajstić information content (AvgIpc) is 2.94. The standard InChI is InChI=1S/C16H30N4O4S.ClH/c17-13-14-5-6-15(24-14)16(21)18-9-11-20(12-10-18)25(22,23)19-7-3-1-2-4-8-19;/h14-15H,1-13,17H2;1H/t14-,15+;/m1./s1. The molecule has 8 nitrogen and oxygen atoms in total. The highest BCUT2D eigenvalue weighted by Gasteiger charge is 2.37. The number of piperazine rings is 1. The van der Waals surface area contributed by atoms with E-state index in [9.17, 15) is 13.2 Å². The van der Waals surface area contributed by atoms with Gasteiger partial charge in [0.05, 0.1) is 6.10 Å².